The van der Waals surface area contributed by atoms with Crippen LogP contribution in [0.4, 0.5) is 19.0 Å². The summed E-state index contributed by atoms with van der Waals surface area (Å²) in [7, 11) is -2.04. The maximum absolute atomic E-state index is 12.7. The second-order valence-electron chi connectivity index (χ2n) is 5.77. The van der Waals surface area contributed by atoms with Crippen molar-refractivity contribution < 1.29 is 21.6 Å². The van der Waals surface area contributed by atoms with Gasteiger partial charge in [-0.15, -0.1) is 0 Å². The third-order valence-corrected chi connectivity index (χ3v) is 6.14. The number of piperazine rings is 1. The van der Waals surface area contributed by atoms with Gasteiger partial charge in [0.05, 0.1) is 16.8 Å². The van der Waals surface area contributed by atoms with Crippen LogP contribution in [0.5, 0.6) is 0 Å². The predicted octanol–water partition coefficient (Wildman–Crippen LogP) is 2.00. The molecule has 1 aliphatic heterocycles. The van der Waals surface area contributed by atoms with E-state index in [2.05, 4.69) is 10.1 Å². The summed E-state index contributed by atoms with van der Waals surface area (Å²) in [5.41, 5.74) is -0.927. The van der Waals surface area contributed by atoms with Crippen LogP contribution in [0.1, 0.15) is 5.56 Å². The Morgan fingerprint density at radius 3 is 2.31 bits per heavy atom. The van der Waals surface area contributed by atoms with Gasteiger partial charge in [0, 0.05) is 45.6 Å². The minimum absolute atomic E-state index is 0.0964. The summed E-state index contributed by atoms with van der Waals surface area (Å²) in [6, 6.07) is 0.822. The van der Waals surface area contributed by atoms with Crippen LogP contribution in [0.15, 0.2) is 29.6 Å². The Hall–Kier alpha value is -1.85. The molecule has 1 aliphatic rings. The summed E-state index contributed by atoms with van der Waals surface area (Å²) in [4.78, 5) is 5.57. The number of alkyl halides is 3. The molecule has 12 heteroatoms. The maximum Gasteiger partial charge on any atom is 0.417 e. The molecule has 0 radical (unpaired) electrons. The largest absolute Gasteiger partial charge is 0.417 e. The van der Waals surface area contributed by atoms with Crippen LogP contribution in [0.2, 0.25) is 5.02 Å². The third-order valence-electron chi connectivity index (χ3n) is 4.01. The minimum atomic E-state index is -4.52. The molecule has 2 aromatic heterocycles. The van der Waals surface area contributed by atoms with Crippen molar-refractivity contribution in [3.63, 3.8) is 0 Å². The number of sulfonamides is 1. The molecule has 26 heavy (non-hydrogen) atoms. The molecular formula is C14H15ClF3N5O2S. The van der Waals surface area contributed by atoms with Gasteiger partial charge in [0.2, 0.25) is 10.0 Å². The number of anilines is 1. The van der Waals surface area contributed by atoms with Crippen molar-refractivity contribution in [1.82, 2.24) is 19.1 Å². The highest BCUT2D eigenvalue weighted by Gasteiger charge is 2.33. The number of halogens is 4. The number of hydrogen-bond acceptors (Lipinski definition) is 5. The number of pyridine rings is 1. The zero-order valence-electron chi connectivity index (χ0n) is 13.6. The van der Waals surface area contributed by atoms with Crippen LogP contribution in [0, 0.1) is 0 Å². The van der Waals surface area contributed by atoms with Crippen molar-refractivity contribution in [3.8, 4) is 0 Å². The molecular weight excluding hydrogens is 395 g/mol. The number of nitrogens with zero attached hydrogens (tertiary/aromatic N) is 5. The molecule has 0 bridgehead atoms. The predicted molar refractivity (Wildman–Crippen MR) is 88.4 cm³/mol. The van der Waals surface area contributed by atoms with E-state index in [-0.39, 0.29) is 41.9 Å². The van der Waals surface area contributed by atoms with Crippen molar-refractivity contribution in [3.05, 3.63) is 35.2 Å². The summed E-state index contributed by atoms with van der Waals surface area (Å²) in [5.74, 6) is 0.207. The van der Waals surface area contributed by atoms with Crippen molar-refractivity contribution in [2.75, 3.05) is 31.1 Å². The summed E-state index contributed by atoms with van der Waals surface area (Å²) < 4.78 is 65.9. The molecule has 0 unspecified atom stereocenters. The molecule has 0 amide bonds. The quantitative estimate of drug-likeness (QED) is 0.775. The van der Waals surface area contributed by atoms with Crippen LogP contribution in [0.3, 0.4) is 0 Å². The van der Waals surface area contributed by atoms with Crippen LogP contribution >= 0.6 is 11.6 Å². The van der Waals surface area contributed by atoms with Crippen LogP contribution < -0.4 is 4.90 Å². The first-order valence-corrected chi connectivity index (χ1v) is 9.37. The summed E-state index contributed by atoms with van der Waals surface area (Å²) in [5, 5.41) is 3.74. The van der Waals surface area contributed by atoms with E-state index in [1.54, 1.807) is 11.9 Å². The average molecular weight is 410 g/mol. The molecule has 7 nitrogen and oxygen atoms in total. The van der Waals surface area contributed by atoms with E-state index in [1.165, 1.54) is 21.4 Å². The molecule has 0 aromatic carbocycles. The molecule has 3 rings (SSSR count). The molecule has 0 spiro atoms. The van der Waals surface area contributed by atoms with Gasteiger partial charge in [-0.2, -0.15) is 22.6 Å². The van der Waals surface area contributed by atoms with Crippen molar-refractivity contribution in [2.45, 2.75) is 11.1 Å². The van der Waals surface area contributed by atoms with E-state index in [4.69, 9.17) is 11.6 Å². The Labute approximate surface area is 153 Å². The molecule has 2 aromatic rings. The van der Waals surface area contributed by atoms with E-state index < -0.39 is 21.8 Å². The number of rotatable bonds is 3. The molecule has 0 aliphatic carbocycles. The lowest BCUT2D eigenvalue weighted by atomic mass is 10.2. The second kappa shape index (κ2) is 6.71. The Balaban J connectivity index is 1.73. The van der Waals surface area contributed by atoms with Gasteiger partial charge < -0.3 is 4.90 Å². The molecule has 0 saturated carbocycles. The standard InChI is InChI=1S/C14H15ClF3N5O2S/c1-21-9-11(8-20-21)26(24,25)23-4-2-22(3-5-23)13-12(15)6-10(7-19-13)14(16,17)18/h6-9H,2-5H2,1H3. The van der Waals surface area contributed by atoms with Crippen LogP contribution in [-0.4, -0.2) is 53.7 Å². The monoisotopic (exact) mass is 409 g/mol. The highest BCUT2D eigenvalue weighted by molar-refractivity contribution is 7.89. The zero-order valence-corrected chi connectivity index (χ0v) is 15.2. The summed E-state index contributed by atoms with van der Waals surface area (Å²) in [6.07, 6.45) is -1.11. The second-order valence-corrected chi connectivity index (χ2v) is 8.11. The molecule has 3 heterocycles. The first-order chi connectivity index (χ1) is 12.1. The fourth-order valence-electron chi connectivity index (χ4n) is 2.64. The van der Waals surface area contributed by atoms with E-state index in [0.29, 0.717) is 0 Å². The Bertz CT molecular complexity index is 908. The lowest BCUT2D eigenvalue weighted by Gasteiger charge is -2.34. The van der Waals surface area contributed by atoms with Gasteiger partial charge in [0.25, 0.3) is 0 Å². The highest BCUT2D eigenvalue weighted by atomic mass is 35.5. The smallest absolute Gasteiger partial charge is 0.353 e. The van der Waals surface area contributed by atoms with Gasteiger partial charge in [-0.3, -0.25) is 4.68 Å². The van der Waals surface area contributed by atoms with E-state index in [1.807, 2.05) is 0 Å². The lowest BCUT2D eigenvalue weighted by molar-refractivity contribution is -0.137. The first-order valence-electron chi connectivity index (χ1n) is 7.55. The third kappa shape index (κ3) is 3.64. The fraction of sp³-hybridized carbons (Fsp3) is 0.429. The summed E-state index contributed by atoms with van der Waals surface area (Å²) in [6.45, 7) is 0.849. The van der Waals surface area contributed by atoms with Crippen LogP contribution in [-0.2, 0) is 23.2 Å². The maximum atomic E-state index is 12.7. The molecule has 1 fully saturated rings. The van der Waals surface area contributed by atoms with Gasteiger partial charge in [-0.1, -0.05) is 11.6 Å². The fourth-order valence-corrected chi connectivity index (χ4v) is 4.33. The Kier molecular flexibility index (Phi) is 4.88. The minimum Gasteiger partial charge on any atom is -0.353 e. The van der Waals surface area contributed by atoms with Gasteiger partial charge in [-0.05, 0) is 6.07 Å². The van der Waals surface area contributed by atoms with E-state index >= 15 is 0 Å². The van der Waals surface area contributed by atoms with Crippen molar-refractivity contribution >= 4 is 27.4 Å². The molecule has 1 saturated heterocycles. The molecule has 0 N–H and O–H groups in total. The first kappa shape index (κ1) is 18.9. The van der Waals surface area contributed by atoms with Crippen molar-refractivity contribution in [1.29, 1.82) is 0 Å². The number of aromatic nitrogens is 3. The van der Waals surface area contributed by atoms with E-state index in [0.717, 1.165) is 12.3 Å². The van der Waals surface area contributed by atoms with E-state index in [9.17, 15) is 21.6 Å². The normalized spacial score (nSPS) is 16.9. The SMILES string of the molecule is Cn1cc(S(=O)(=O)N2CCN(c3ncc(C(F)(F)F)cc3Cl)CC2)cn1. The van der Waals surface area contributed by atoms with Crippen LogP contribution in [0.25, 0.3) is 0 Å². The molecule has 0 atom stereocenters. The number of hydrogen-bond donors (Lipinski definition) is 0. The number of aryl methyl sites for hydroxylation is 1. The topological polar surface area (TPSA) is 71.3 Å². The lowest BCUT2D eigenvalue weighted by Crippen LogP contribution is -2.49. The van der Waals surface area contributed by atoms with Gasteiger partial charge >= 0.3 is 6.18 Å². The highest BCUT2D eigenvalue weighted by Crippen LogP contribution is 2.34. The van der Waals surface area contributed by atoms with Gasteiger partial charge in [-0.25, -0.2) is 13.4 Å². The zero-order chi connectivity index (χ0) is 19.1. The van der Waals surface area contributed by atoms with Gasteiger partial charge in [0.15, 0.2) is 0 Å². The average Bonchev–Trinajstić information content (AvgIpc) is 3.01. The van der Waals surface area contributed by atoms with Crippen molar-refractivity contribution in [2.24, 2.45) is 7.05 Å². The molecule has 142 valence electrons. The Morgan fingerprint density at radius 2 is 1.81 bits per heavy atom. The summed E-state index contributed by atoms with van der Waals surface area (Å²) >= 11 is 5.95. The van der Waals surface area contributed by atoms with Gasteiger partial charge in [0.1, 0.15) is 10.7 Å². The Morgan fingerprint density at radius 1 is 1.15 bits per heavy atom.